The number of nitrogens with one attached hydrogen (secondary N) is 1. The fourth-order valence-corrected chi connectivity index (χ4v) is 4.90. The molecule has 4 rings (SSSR count). The zero-order valence-electron chi connectivity index (χ0n) is 17.8. The maximum Gasteiger partial charge on any atom is 0.158 e. The Kier molecular flexibility index (Phi) is 6.18. The van der Waals surface area contributed by atoms with E-state index in [4.69, 9.17) is 14.7 Å². The molecule has 1 fully saturated rings. The second-order valence-electron chi connectivity index (χ2n) is 8.18. The highest BCUT2D eigenvalue weighted by atomic mass is 32.1. The van der Waals surface area contributed by atoms with Gasteiger partial charge in [0.2, 0.25) is 0 Å². The summed E-state index contributed by atoms with van der Waals surface area (Å²) in [5, 5.41) is 5.85. The number of amidine groups is 1. The van der Waals surface area contributed by atoms with Crippen molar-refractivity contribution in [2.75, 3.05) is 45.7 Å². The van der Waals surface area contributed by atoms with E-state index in [0.29, 0.717) is 12.0 Å². The summed E-state index contributed by atoms with van der Waals surface area (Å²) in [6, 6.07) is 8.77. The summed E-state index contributed by atoms with van der Waals surface area (Å²) < 4.78 is 5.27. The minimum absolute atomic E-state index is 0.402. The lowest BCUT2D eigenvalue weighted by Crippen LogP contribution is -2.53. The highest BCUT2D eigenvalue weighted by molar-refractivity contribution is 7.16. The van der Waals surface area contributed by atoms with Crippen LogP contribution in [0.15, 0.2) is 29.3 Å². The standard InChI is InChI=1S/C22H31N5OS/c1-15(2)21-25-19-20(23-17-9-5-6-10-18(17)24-22(19)29-21)27-12-11-26(3)16(14-27)8-7-13-28-4/h5-6,9-10,15-16,24H,7-8,11-14H2,1-4H3/t16-/m0/s1. The van der Waals surface area contributed by atoms with Gasteiger partial charge in [0.15, 0.2) is 5.84 Å². The Bertz CT molecular complexity index is 878. The lowest BCUT2D eigenvalue weighted by atomic mass is 10.1. The van der Waals surface area contributed by atoms with E-state index in [0.717, 1.165) is 72.0 Å². The van der Waals surface area contributed by atoms with Crippen LogP contribution in [0.1, 0.15) is 43.3 Å². The van der Waals surface area contributed by atoms with E-state index in [1.807, 2.05) is 6.07 Å². The number of ether oxygens (including phenoxy) is 1. The van der Waals surface area contributed by atoms with Gasteiger partial charge in [-0.1, -0.05) is 26.0 Å². The number of benzene rings is 1. The second kappa shape index (κ2) is 8.81. The number of aliphatic imine (C=N–C) groups is 1. The third-order valence-corrected chi connectivity index (χ3v) is 6.96. The van der Waals surface area contributed by atoms with Gasteiger partial charge in [-0.15, -0.1) is 11.3 Å². The monoisotopic (exact) mass is 413 g/mol. The second-order valence-corrected chi connectivity index (χ2v) is 9.21. The number of aromatic nitrogens is 1. The number of thiazole rings is 1. The lowest BCUT2D eigenvalue weighted by molar-refractivity contribution is 0.119. The van der Waals surface area contributed by atoms with E-state index in [2.05, 4.69) is 54.2 Å². The van der Waals surface area contributed by atoms with Gasteiger partial charge in [0.1, 0.15) is 10.7 Å². The molecule has 0 unspecified atom stereocenters. The zero-order valence-corrected chi connectivity index (χ0v) is 18.6. The van der Waals surface area contributed by atoms with Gasteiger partial charge in [-0.3, -0.25) is 4.90 Å². The van der Waals surface area contributed by atoms with E-state index in [9.17, 15) is 0 Å². The van der Waals surface area contributed by atoms with Gasteiger partial charge in [-0.25, -0.2) is 9.98 Å². The van der Waals surface area contributed by atoms with Crippen molar-refractivity contribution >= 4 is 33.5 Å². The summed E-state index contributed by atoms with van der Waals surface area (Å²) >= 11 is 1.75. The number of nitrogens with zero attached hydrogens (tertiary/aromatic N) is 4. The third-order valence-electron chi connectivity index (χ3n) is 5.69. The summed E-state index contributed by atoms with van der Waals surface area (Å²) in [6.45, 7) is 8.18. The quantitative estimate of drug-likeness (QED) is 0.734. The summed E-state index contributed by atoms with van der Waals surface area (Å²) in [5.41, 5.74) is 3.03. The minimum Gasteiger partial charge on any atom is -0.385 e. The summed E-state index contributed by atoms with van der Waals surface area (Å²) in [7, 11) is 4.00. The number of likely N-dealkylation sites (N-methyl/N-ethyl adjacent to an activating group) is 1. The van der Waals surface area contributed by atoms with Gasteiger partial charge in [-0.05, 0) is 32.0 Å². The highest BCUT2D eigenvalue weighted by Gasteiger charge is 2.31. The van der Waals surface area contributed by atoms with Gasteiger partial charge >= 0.3 is 0 Å². The van der Waals surface area contributed by atoms with E-state index in [1.165, 1.54) is 0 Å². The first-order chi connectivity index (χ1) is 14.1. The van der Waals surface area contributed by atoms with E-state index in [-0.39, 0.29) is 0 Å². The van der Waals surface area contributed by atoms with Gasteiger partial charge in [0.25, 0.3) is 0 Å². The topological polar surface area (TPSA) is 53.0 Å². The fraction of sp³-hybridized carbons (Fsp3) is 0.545. The van der Waals surface area contributed by atoms with Crippen molar-refractivity contribution < 1.29 is 4.74 Å². The van der Waals surface area contributed by atoms with Crippen molar-refractivity contribution in [2.24, 2.45) is 4.99 Å². The van der Waals surface area contributed by atoms with Crippen LogP contribution in [0.2, 0.25) is 0 Å². The van der Waals surface area contributed by atoms with Crippen molar-refractivity contribution in [3.05, 3.63) is 35.0 Å². The summed E-state index contributed by atoms with van der Waals surface area (Å²) in [4.78, 5) is 15.0. The molecule has 1 atom stereocenters. The number of piperazine rings is 1. The van der Waals surface area contributed by atoms with Gasteiger partial charge in [0, 0.05) is 45.3 Å². The minimum atomic E-state index is 0.402. The number of anilines is 2. The Labute approximate surface area is 177 Å². The molecular formula is C22H31N5OS. The molecule has 156 valence electrons. The number of fused-ring (bicyclic) bond motifs is 2. The molecule has 0 amide bonds. The summed E-state index contributed by atoms with van der Waals surface area (Å²) in [5.74, 6) is 1.41. The molecule has 1 N–H and O–H groups in total. The number of methoxy groups -OCH3 is 1. The third kappa shape index (κ3) is 4.32. The maximum atomic E-state index is 5.27. The molecule has 0 spiro atoms. The predicted molar refractivity (Wildman–Crippen MR) is 121 cm³/mol. The van der Waals surface area contributed by atoms with Crippen LogP contribution >= 0.6 is 11.3 Å². The fourth-order valence-electron chi connectivity index (χ4n) is 3.92. The van der Waals surface area contributed by atoms with Crippen LogP contribution in [0.5, 0.6) is 0 Å². The van der Waals surface area contributed by atoms with Crippen LogP contribution < -0.4 is 5.32 Å². The van der Waals surface area contributed by atoms with Crippen LogP contribution in [0, 0.1) is 0 Å². The number of hydrogen-bond acceptors (Lipinski definition) is 7. The van der Waals surface area contributed by atoms with Gasteiger partial charge in [0.05, 0.1) is 16.4 Å². The molecular weight excluding hydrogens is 382 g/mol. The molecule has 2 aliphatic rings. The van der Waals surface area contributed by atoms with E-state index >= 15 is 0 Å². The molecule has 29 heavy (non-hydrogen) atoms. The van der Waals surface area contributed by atoms with Gasteiger partial charge in [-0.2, -0.15) is 0 Å². The average Bonchev–Trinajstić information content (AvgIpc) is 3.06. The molecule has 1 aromatic carbocycles. The van der Waals surface area contributed by atoms with Crippen molar-refractivity contribution in [3.63, 3.8) is 0 Å². The molecule has 3 heterocycles. The first-order valence-corrected chi connectivity index (χ1v) is 11.3. The zero-order chi connectivity index (χ0) is 20.4. The summed E-state index contributed by atoms with van der Waals surface area (Å²) in [6.07, 6.45) is 2.21. The molecule has 0 saturated carbocycles. The van der Waals surface area contributed by atoms with Crippen LogP contribution in [0.4, 0.5) is 16.4 Å². The van der Waals surface area contributed by atoms with Crippen LogP contribution in [-0.4, -0.2) is 67.1 Å². The predicted octanol–water partition coefficient (Wildman–Crippen LogP) is 4.44. The molecule has 1 saturated heterocycles. The average molecular weight is 414 g/mol. The lowest BCUT2D eigenvalue weighted by Gasteiger charge is -2.40. The van der Waals surface area contributed by atoms with E-state index < -0.39 is 0 Å². The molecule has 0 radical (unpaired) electrons. The molecule has 6 nitrogen and oxygen atoms in total. The van der Waals surface area contributed by atoms with Crippen LogP contribution in [0.3, 0.4) is 0 Å². The Hall–Kier alpha value is -1.96. The van der Waals surface area contributed by atoms with Crippen molar-refractivity contribution in [2.45, 2.75) is 38.6 Å². The number of para-hydroxylation sites is 2. The first kappa shape index (κ1) is 20.3. The van der Waals surface area contributed by atoms with Crippen molar-refractivity contribution in [1.82, 2.24) is 14.8 Å². The number of hydrogen-bond donors (Lipinski definition) is 1. The Morgan fingerprint density at radius 3 is 2.90 bits per heavy atom. The molecule has 7 heteroatoms. The Morgan fingerprint density at radius 2 is 2.10 bits per heavy atom. The smallest absolute Gasteiger partial charge is 0.158 e. The van der Waals surface area contributed by atoms with Crippen molar-refractivity contribution in [3.8, 4) is 0 Å². The first-order valence-electron chi connectivity index (χ1n) is 10.5. The largest absolute Gasteiger partial charge is 0.385 e. The molecule has 0 bridgehead atoms. The molecule has 1 aromatic heterocycles. The Balaban J connectivity index is 1.68. The highest BCUT2D eigenvalue weighted by Crippen LogP contribution is 2.39. The molecule has 0 aliphatic carbocycles. The SMILES string of the molecule is COCCC[C@H]1CN(C2=Nc3ccccc3Nc3sc(C(C)C)nc32)CCN1C. The van der Waals surface area contributed by atoms with Gasteiger partial charge < -0.3 is 15.0 Å². The molecule has 2 aromatic rings. The molecule has 2 aliphatic heterocycles. The Morgan fingerprint density at radius 1 is 1.28 bits per heavy atom. The van der Waals surface area contributed by atoms with Crippen LogP contribution in [-0.2, 0) is 4.74 Å². The van der Waals surface area contributed by atoms with Crippen LogP contribution in [0.25, 0.3) is 0 Å². The maximum absolute atomic E-state index is 5.27. The van der Waals surface area contributed by atoms with E-state index in [1.54, 1.807) is 18.4 Å². The normalized spacial score (nSPS) is 19.4. The van der Waals surface area contributed by atoms with Crippen molar-refractivity contribution in [1.29, 1.82) is 0 Å². The number of rotatable bonds is 5.